The fourth-order valence-corrected chi connectivity index (χ4v) is 2.98. The van der Waals surface area contributed by atoms with Gasteiger partial charge in [-0.25, -0.2) is 0 Å². The first-order valence-electron chi connectivity index (χ1n) is 8.59. The van der Waals surface area contributed by atoms with Crippen LogP contribution in [-0.4, -0.2) is 33.1 Å². The van der Waals surface area contributed by atoms with E-state index in [4.69, 9.17) is 27.9 Å². The fourth-order valence-electron chi connectivity index (χ4n) is 2.66. The summed E-state index contributed by atoms with van der Waals surface area (Å²) in [5.74, 6) is 0.957. The molecule has 0 spiro atoms. The largest absolute Gasteiger partial charge is 0.489 e. The van der Waals surface area contributed by atoms with Gasteiger partial charge in [0.1, 0.15) is 12.4 Å². The van der Waals surface area contributed by atoms with Crippen LogP contribution in [0.4, 0.5) is 0 Å². The Morgan fingerprint density at radius 3 is 2.62 bits per heavy atom. The molecule has 2 N–H and O–H groups in total. The van der Waals surface area contributed by atoms with Gasteiger partial charge in [0.05, 0.1) is 30.7 Å². The van der Waals surface area contributed by atoms with E-state index in [0.29, 0.717) is 40.4 Å². The molecule has 1 atom stereocenters. The van der Waals surface area contributed by atoms with Gasteiger partial charge in [-0.15, -0.1) is 0 Å². The lowest BCUT2D eigenvalue weighted by molar-refractivity contribution is -0.861. The summed E-state index contributed by atoms with van der Waals surface area (Å²) in [6.45, 7) is 4.14. The van der Waals surface area contributed by atoms with Crippen LogP contribution < -0.4 is 15.0 Å². The van der Waals surface area contributed by atoms with Crippen molar-refractivity contribution in [2.24, 2.45) is 5.92 Å². The predicted molar refractivity (Wildman–Crippen MR) is 106 cm³/mol. The number of hydrogen-bond donors (Lipinski definition) is 2. The van der Waals surface area contributed by atoms with E-state index < -0.39 is 0 Å². The van der Waals surface area contributed by atoms with Crippen molar-refractivity contribution in [3.8, 4) is 5.75 Å². The molecule has 2 aromatic carbocycles. The molecule has 0 aliphatic heterocycles. The molecule has 0 fully saturated rings. The van der Waals surface area contributed by atoms with Gasteiger partial charge in [0.25, 0.3) is 5.91 Å². The highest BCUT2D eigenvalue weighted by Gasteiger charge is 2.11. The summed E-state index contributed by atoms with van der Waals surface area (Å²) in [6.07, 6.45) is 0. The molecule has 0 aromatic heterocycles. The molecular weight excluding hydrogens is 371 g/mol. The number of benzene rings is 2. The Labute approximate surface area is 165 Å². The molecule has 0 saturated heterocycles. The van der Waals surface area contributed by atoms with Crippen molar-refractivity contribution in [2.75, 3.05) is 27.2 Å². The number of rotatable bonds is 8. The molecule has 26 heavy (non-hydrogen) atoms. The third-order valence-electron chi connectivity index (χ3n) is 3.85. The van der Waals surface area contributed by atoms with E-state index in [-0.39, 0.29) is 5.91 Å². The summed E-state index contributed by atoms with van der Waals surface area (Å²) in [5, 5.41) is 3.99. The molecule has 2 aromatic rings. The third kappa shape index (κ3) is 6.52. The normalized spacial score (nSPS) is 12.1. The summed E-state index contributed by atoms with van der Waals surface area (Å²) in [7, 11) is 4.21. The van der Waals surface area contributed by atoms with Gasteiger partial charge in [-0.05, 0) is 35.9 Å². The maximum absolute atomic E-state index is 12.3. The van der Waals surface area contributed by atoms with Gasteiger partial charge in [-0.1, -0.05) is 42.3 Å². The van der Waals surface area contributed by atoms with E-state index in [1.807, 2.05) is 18.2 Å². The maximum atomic E-state index is 12.3. The van der Waals surface area contributed by atoms with Crippen LogP contribution in [0.2, 0.25) is 10.0 Å². The van der Waals surface area contributed by atoms with Gasteiger partial charge in [0.2, 0.25) is 0 Å². The molecule has 0 unspecified atom stereocenters. The molecule has 0 aliphatic carbocycles. The van der Waals surface area contributed by atoms with Crippen LogP contribution >= 0.6 is 23.2 Å². The first kappa shape index (κ1) is 20.6. The minimum absolute atomic E-state index is 0.0920. The monoisotopic (exact) mass is 395 g/mol. The molecule has 0 heterocycles. The van der Waals surface area contributed by atoms with Crippen molar-refractivity contribution in [3.63, 3.8) is 0 Å². The van der Waals surface area contributed by atoms with Crippen LogP contribution in [0.3, 0.4) is 0 Å². The first-order chi connectivity index (χ1) is 12.3. The van der Waals surface area contributed by atoms with Gasteiger partial charge >= 0.3 is 0 Å². The molecule has 2 rings (SSSR count). The van der Waals surface area contributed by atoms with E-state index in [0.717, 1.165) is 12.1 Å². The number of ether oxygens (including phenoxy) is 1. The average molecular weight is 396 g/mol. The second-order valence-electron chi connectivity index (χ2n) is 6.79. The van der Waals surface area contributed by atoms with Crippen LogP contribution in [0.5, 0.6) is 5.75 Å². The minimum Gasteiger partial charge on any atom is -0.489 e. The number of hydrogen-bond acceptors (Lipinski definition) is 2. The van der Waals surface area contributed by atoms with E-state index in [1.54, 1.807) is 24.3 Å². The zero-order valence-electron chi connectivity index (χ0n) is 15.3. The Hall–Kier alpha value is -1.75. The van der Waals surface area contributed by atoms with Gasteiger partial charge < -0.3 is 15.0 Å². The fraction of sp³-hybridized carbons (Fsp3) is 0.350. The molecule has 4 nitrogen and oxygen atoms in total. The predicted octanol–water partition coefficient (Wildman–Crippen LogP) is 3.08. The second kappa shape index (κ2) is 9.81. The van der Waals surface area contributed by atoms with Crippen molar-refractivity contribution < 1.29 is 14.4 Å². The van der Waals surface area contributed by atoms with Gasteiger partial charge in [-0.2, -0.15) is 0 Å². The van der Waals surface area contributed by atoms with Crippen molar-refractivity contribution in [2.45, 2.75) is 13.5 Å². The van der Waals surface area contributed by atoms with E-state index in [2.05, 4.69) is 26.3 Å². The lowest BCUT2D eigenvalue weighted by atomic mass is 10.1. The number of carbonyl (C=O) groups excluding carboxylic acids is 1. The molecule has 6 heteroatoms. The Bertz CT molecular complexity index is 750. The van der Waals surface area contributed by atoms with Crippen molar-refractivity contribution >= 4 is 29.1 Å². The number of carbonyl (C=O) groups is 1. The topological polar surface area (TPSA) is 42.8 Å². The Balaban J connectivity index is 1.92. The molecular formula is C20H25Cl2N2O2+. The lowest BCUT2D eigenvalue weighted by Gasteiger charge is -2.15. The Morgan fingerprint density at radius 2 is 1.92 bits per heavy atom. The Kier molecular flexibility index (Phi) is 7.76. The molecule has 140 valence electrons. The SMILES string of the molecule is C[C@H](CNC(=O)c1cccc(OCc2ccc(Cl)c(Cl)c2)c1)C[NH+](C)C. The van der Waals surface area contributed by atoms with Crippen LogP contribution in [-0.2, 0) is 6.61 Å². The third-order valence-corrected chi connectivity index (χ3v) is 4.59. The standard InChI is InChI=1S/C20H24Cl2N2O2/c1-14(12-24(2)3)11-23-20(25)16-5-4-6-17(10-16)26-13-15-7-8-18(21)19(22)9-15/h4-10,14H,11-13H2,1-3H3,(H,23,25)/p+1/t14-/m1/s1. The Morgan fingerprint density at radius 1 is 1.15 bits per heavy atom. The van der Waals surface area contributed by atoms with Crippen molar-refractivity contribution in [1.82, 2.24) is 5.32 Å². The summed E-state index contributed by atoms with van der Waals surface area (Å²) < 4.78 is 5.77. The zero-order chi connectivity index (χ0) is 19.1. The number of amides is 1. The molecule has 0 aliphatic rings. The summed E-state index contributed by atoms with van der Waals surface area (Å²) in [6, 6.07) is 12.5. The van der Waals surface area contributed by atoms with E-state index >= 15 is 0 Å². The number of nitrogens with one attached hydrogen (secondary N) is 2. The van der Waals surface area contributed by atoms with Crippen molar-refractivity contribution in [1.29, 1.82) is 0 Å². The lowest BCUT2D eigenvalue weighted by Crippen LogP contribution is -3.06. The molecule has 0 bridgehead atoms. The van der Waals surface area contributed by atoms with E-state index in [9.17, 15) is 4.79 Å². The first-order valence-corrected chi connectivity index (χ1v) is 9.34. The average Bonchev–Trinajstić information content (AvgIpc) is 2.60. The minimum atomic E-state index is -0.0920. The highest BCUT2D eigenvalue weighted by atomic mass is 35.5. The summed E-state index contributed by atoms with van der Waals surface area (Å²) >= 11 is 11.9. The highest BCUT2D eigenvalue weighted by molar-refractivity contribution is 6.42. The number of quaternary nitrogens is 1. The van der Waals surface area contributed by atoms with Gasteiger partial charge in [0, 0.05) is 18.0 Å². The number of halogens is 2. The van der Waals surface area contributed by atoms with Crippen LogP contribution in [0.15, 0.2) is 42.5 Å². The zero-order valence-corrected chi connectivity index (χ0v) is 16.8. The maximum Gasteiger partial charge on any atom is 0.251 e. The van der Waals surface area contributed by atoms with Crippen molar-refractivity contribution in [3.05, 3.63) is 63.6 Å². The summed E-state index contributed by atoms with van der Waals surface area (Å²) in [4.78, 5) is 13.7. The van der Waals surface area contributed by atoms with Crippen LogP contribution in [0, 0.1) is 5.92 Å². The second-order valence-corrected chi connectivity index (χ2v) is 7.61. The van der Waals surface area contributed by atoms with Crippen LogP contribution in [0.1, 0.15) is 22.8 Å². The molecule has 1 amide bonds. The molecule has 0 saturated carbocycles. The van der Waals surface area contributed by atoms with Gasteiger partial charge in [0.15, 0.2) is 0 Å². The van der Waals surface area contributed by atoms with Crippen LogP contribution in [0.25, 0.3) is 0 Å². The highest BCUT2D eigenvalue weighted by Crippen LogP contribution is 2.23. The molecule has 0 radical (unpaired) electrons. The smallest absolute Gasteiger partial charge is 0.251 e. The van der Waals surface area contributed by atoms with Gasteiger partial charge in [-0.3, -0.25) is 4.79 Å². The van der Waals surface area contributed by atoms with E-state index in [1.165, 1.54) is 4.90 Å². The summed E-state index contributed by atoms with van der Waals surface area (Å²) in [5.41, 5.74) is 1.50. The quantitative estimate of drug-likeness (QED) is 0.720.